The minimum absolute atomic E-state index is 0.0549. The van der Waals surface area contributed by atoms with E-state index in [1.54, 1.807) is 24.3 Å². The van der Waals surface area contributed by atoms with Gasteiger partial charge in [0.15, 0.2) is 0 Å². The number of benzene rings is 1. The molecule has 0 bridgehead atoms. The summed E-state index contributed by atoms with van der Waals surface area (Å²) < 4.78 is 85.7. The maximum absolute atomic E-state index is 14.8. The Morgan fingerprint density at radius 2 is 2.22 bits per heavy atom. The van der Waals surface area contributed by atoms with Crippen molar-refractivity contribution in [3.8, 4) is 17.0 Å². The molecule has 4 heterocycles. The molecule has 196 valence electrons. The largest absolute Gasteiger partial charge is 0.479 e. The van der Waals surface area contributed by atoms with Crippen LogP contribution in [-0.2, 0) is 11.3 Å². The van der Waals surface area contributed by atoms with Gasteiger partial charge in [0, 0.05) is 18.3 Å². The lowest BCUT2D eigenvalue weighted by atomic mass is 10.0. The number of amides is 1. The Morgan fingerprint density at radius 1 is 1.38 bits per heavy atom. The SMILES string of the molecule is [2H]C([2H])([2H])Oc1nc(N[C@@H]2CCN(C(=O)CO)CC2(F)F)nn2ccc(-c3ccc4nnn(CC(F)F)c4c3)c12. The van der Waals surface area contributed by atoms with Crippen LogP contribution in [0, 0.1) is 0 Å². The number of aliphatic hydroxyl groups is 1. The number of methoxy groups -OCH3 is 1. The first-order chi connectivity index (χ1) is 18.8. The predicted octanol–water partition coefficient (Wildman–Crippen LogP) is 2.06. The number of nitrogens with zero attached hydrogens (tertiary/aromatic N) is 7. The smallest absolute Gasteiger partial charge is 0.285 e. The number of hydrogen-bond donors (Lipinski definition) is 2. The fraction of sp³-hybridized carbons (Fsp3) is 0.409. The van der Waals surface area contributed by atoms with Crippen LogP contribution >= 0.6 is 0 Å². The molecular weight excluding hydrogens is 500 g/mol. The third kappa shape index (κ3) is 4.61. The van der Waals surface area contributed by atoms with Gasteiger partial charge in [-0.2, -0.15) is 4.98 Å². The third-order valence-corrected chi connectivity index (χ3v) is 6.10. The molecule has 0 spiro atoms. The standard InChI is InChI=1S/C22H22F4N8O3/c1-37-20-19-13(12-2-3-14-15(8-12)34(31-29-14)9-17(23)24)4-7-33(19)30-21(28-20)27-16-5-6-32(18(36)10-35)11-22(16,25)26/h2-4,7-8,16-17,35H,5-6,9-11H2,1H3,(H,27,30)/t16-/m1/s1/i1D3. The van der Waals surface area contributed by atoms with Crippen molar-refractivity contribution >= 4 is 28.4 Å². The first-order valence-corrected chi connectivity index (χ1v) is 11.1. The summed E-state index contributed by atoms with van der Waals surface area (Å²) in [5.74, 6) is -5.03. The molecule has 1 aliphatic rings. The number of carbonyl (C=O) groups excluding carboxylic acids is 1. The van der Waals surface area contributed by atoms with E-state index in [0.717, 1.165) is 9.58 Å². The van der Waals surface area contributed by atoms with E-state index in [9.17, 15) is 22.4 Å². The van der Waals surface area contributed by atoms with Crippen LogP contribution in [0.5, 0.6) is 5.88 Å². The van der Waals surface area contributed by atoms with Gasteiger partial charge in [-0.15, -0.1) is 10.2 Å². The van der Waals surface area contributed by atoms with Gasteiger partial charge < -0.3 is 20.1 Å². The number of anilines is 1. The van der Waals surface area contributed by atoms with Gasteiger partial charge >= 0.3 is 0 Å². The van der Waals surface area contributed by atoms with Crippen molar-refractivity contribution < 1.29 is 36.3 Å². The van der Waals surface area contributed by atoms with Crippen molar-refractivity contribution in [1.29, 1.82) is 0 Å². The molecule has 2 N–H and O–H groups in total. The number of alkyl halides is 4. The molecule has 15 heteroatoms. The van der Waals surface area contributed by atoms with E-state index < -0.39 is 56.9 Å². The summed E-state index contributed by atoms with van der Waals surface area (Å²) in [5.41, 5.74) is 1.59. The normalized spacial score (nSPS) is 19.1. The zero-order chi connectivity index (χ0) is 28.8. The molecule has 1 atom stereocenters. The Hall–Kier alpha value is -4.01. The van der Waals surface area contributed by atoms with Crippen LogP contribution in [0.2, 0.25) is 0 Å². The average molecular weight is 525 g/mol. The van der Waals surface area contributed by atoms with Gasteiger partial charge in [-0.25, -0.2) is 26.8 Å². The van der Waals surface area contributed by atoms with Crippen molar-refractivity contribution in [1.82, 2.24) is 34.5 Å². The number of nitrogens with one attached hydrogen (secondary N) is 1. The van der Waals surface area contributed by atoms with Gasteiger partial charge in [0.2, 0.25) is 17.7 Å². The van der Waals surface area contributed by atoms with Gasteiger partial charge in [0.25, 0.3) is 12.3 Å². The molecule has 0 saturated carbocycles. The molecule has 1 saturated heterocycles. The number of rotatable bonds is 7. The number of piperidine rings is 1. The first kappa shape index (κ1) is 21.1. The van der Waals surface area contributed by atoms with Crippen LogP contribution in [0.15, 0.2) is 30.5 Å². The number of fused-ring (bicyclic) bond motifs is 2. The number of aliphatic hydroxyl groups excluding tert-OH is 1. The van der Waals surface area contributed by atoms with Crippen molar-refractivity contribution in [3.05, 3.63) is 30.5 Å². The first-order valence-electron chi connectivity index (χ1n) is 12.6. The number of carbonyl (C=O) groups is 1. The van der Waals surface area contributed by atoms with Gasteiger partial charge in [-0.05, 0) is 30.2 Å². The summed E-state index contributed by atoms with van der Waals surface area (Å²) in [4.78, 5) is 16.6. The maximum Gasteiger partial charge on any atom is 0.285 e. The molecule has 4 aromatic rings. The zero-order valence-electron chi connectivity index (χ0n) is 22.0. The zero-order valence-corrected chi connectivity index (χ0v) is 19.0. The highest BCUT2D eigenvalue weighted by atomic mass is 19.3. The van der Waals surface area contributed by atoms with Crippen molar-refractivity contribution in [2.24, 2.45) is 0 Å². The summed E-state index contributed by atoms with van der Waals surface area (Å²) in [6.07, 6.45) is -1.44. The van der Waals surface area contributed by atoms with Crippen LogP contribution < -0.4 is 10.1 Å². The molecule has 1 aromatic carbocycles. The summed E-state index contributed by atoms with van der Waals surface area (Å²) in [6, 6.07) is 4.76. The van der Waals surface area contributed by atoms with E-state index >= 15 is 0 Å². The lowest BCUT2D eigenvalue weighted by Crippen LogP contribution is -2.56. The Bertz CT molecular complexity index is 1560. The van der Waals surface area contributed by atoms with Crippen LogP contribution in [-0.4, -0.2) is 90.6 Å². The Labute approximate surface area is 210 Å². The average Bonchev–Trinajstić information content (AvgIpc) is 3.47. The highest BCUT2D eigenvalue weighted by Crippen LogP contribution is 2.34. The van der Waals surface area contributed by atoms with E-state index in [1.165, 1.54) is 10.7 Å². The Kier molecular flexibility index (Phi) is 5.40. The van der Waals surface area contributed by atoms with Crippen molar-refractivity contribution in [2.75, 3.05) is 32.1 Å². The fourth-order valence-electron chi connectivity index (χ4n) is 4.34. The number of ether oxygens (including phenoxy) is 1. The van der Waals surface area contributed by atoms with E-state index in [2.05, 4.69) is 25.7 Å². The fourth-order valence-corrected chi connectivity index (χ4v) is 4.34. The molecule has 3 aromatic heterocycles. The Morgan fingerprint density at radius 3 is 2.95 bits per heavy atom. The topological polar surface area (TPSA) is 123 Å². The molecule has 0 aliphatic carbocycles. The maximum atomic E-state index is 14.8. The molecule has 0 radical (unpaired) electrons. The predicted molar refractivity (Wildman–Crippen MR) is 123 cm³/mol. The molecular formula is C22H22F4N8O3. The molecule has 5 rings (SSSR count). The number of likely N-dealkylation sites (tertiary alicyclic amines) is 1. The molecule has 1 aliphatic heterocycles. The second-order valence-corrected chi connectivity index (χ2v) is 8.45. The van der Waals surface area contributed by atoms with Crippen LogP contribution in [0.4, 0.5) is 23.5 Å². The van der Waals surface area contributed by atoms with E-state index in [-0.39, 0.29) is 24.4 Å². The van der Waals surface area contributed by atoms with Crippen LogP contribution in [0.25, 0.3) is 27.7 Å². The second-order valence-electron chi connectivity index (χ2n) is 8.45. The highest BCUT2D eigenvalue weighted by molar-refractivity contribution is 5.89. The molecule has 0 unspecified atom stereocenters. The van der Waals surface area contributed by atoms with Gasteiger partial charge in [-0.1, -0.05) is 11.3 Å². The molecule has 37 heavy (non-hydrogen) atoms. The van der Waals surface area contributed by atoms with Crippen LogP contribution in [0.3, 0.4) is 0 Å². The van der Waals surface area contributed by atoms with Crippen molar-refractivity contribution in [2.45, 2.75) is 31.4 Å². The van der Waals surface area contributed by atoms with E-state index in [4.69, 9.17) is 14.0 Å². The quantitative estimate of drug-likeness (QED) is 0.352. The lowest BCUT2D eigenvalue weighted by Gasteiger charge is -2.38. The minimum atomic E-state index is -3.42. The monoisotopic (exact) mass is 525 g/mol. The summed E-state index contributed by atoms with van der Waals surface area (Å²) in [6.45, 7) is -2.56. The summed E-state index contributed by atoms with van der Waals surface area (Å²) in [7, 11) is -2.96. The van der Waals surface area contributed by atoms with Gasteiger partial charge in [-0.3, -0.25) is 4.79 Å². The van der Waals surface area contributed by atoms with E-state index in [0.29, 0.717) is 22.2 Å². The van der Waals surface area contributed by atoms with Gasteiger partial charge in [0.05, 0.1) is 29.3 Å². The minimum Gasteiger partial charge on any atom is -0.479 e. The number of aromatic nitrogens is 6. The van der Waals surface area contributed by atoms with Crippen LogP contribution in [0.1, 0.15) is 10.5 Å². The number of halogens is 4. The van der Waals surface area contributed by atoms with E-state index in [1.807, 2.05) is 0 Å². The molecule has 11 nitrogen and oxygen atoms in total. The molecule has 1 amide bonds. The summed E-state index contributed by atoms with van der Waals surface area (Å²) in [5, 5.41) is 23.3. The Balaban J connectivity index is 1.52. The summed E-state index contributed by atoms with van der Waals surface area (Å²) >= 11 is 0. The molecule has 1 fully saturated rings. The third-order valence-electron chi connectivity index (χ3n) is 6.10. The highest BCUT2D eigenvalue weighted by Gasteiger charge is 2.46. The lowest BCUT2D eigenvalue weighted by molar-refractivity contribution is -0.145. The second kappa shape index (κ2) is 9.46. The number of hydrogen-bond acceptors (Lipinski definition) is 8. The van der Waals surface area contributed by atoms with Crippen molar-refractivity contribution in [3.63, 3.8) is 0 Å². The van der Waals surface area contributed by atoms with Gasteiger partial charge in [0.1, 0.15) is 24.2 Å².